The average molecular weight is 410 g/mol. The van der Waals surface area contributed by atoms with E-state index in [0.717, 1.165) is 32.1 Å². The number of carbonyl (C=O) groups excluding carboxylic acids is 1. The first-order valence-corrected chi connectivity index (χ1v) is 10.7. The molecule has 0 fully saturated rings. The fourth-order valence-electron chi connectivity index (χ4n) is 2.87. The van der Waals surface area contributed by atoms with E-state index in [9.17, 15) is 4.79 Å². The highest BCUT2D eigenvalue weighted by Crippen LogP contribution is 2.37. The zero-order chi connectivity index (χ0) is 19.5. The maximum atomic E-state index is 12.5. The van der Waals surface area contributed by atoms with Crippen LogP contribution >= 0.6 is 23.1 Å². The van der Waals surface area contributed by atoms with Gasteiger partial charge in [-0.05, 0) is 24.6 Å². The Bertz CT molecular complexity index is 1090. The third-order valence-electron chi connectivity index (χ3n) is 4.43. The molecule has 0 atom stereocenters. The van der Waals surface area contributed by atoms with Crippen LogP contribution in [0.15, 0.2) is 63.8 Å². The number of nitrogens with zero attached hydrogens (tertiary/aromatic N) is 3. The molecule has 142 valence electrons. The molecule has 5 nitrogen and oxygen atoms in total. The quantitative estimate of drug-likeness (QED) is 0.331. The molecule has 1 amide bonds. The molecule has 4 rings (SSSR count). The summed E-state index contributed by atoms with van der Waals surface area (Å²) in [5.74, 6) is 1.11. The monoisotopic (exact) mass is 409 g/mol. The fraction of sp³-hybridized carbons (Fsp3) is 0.190. The Morgan fingerprint density at radius 1 is 1.21 bits per heavy atom. The summed E-state index contributed by atoms with van der Waals surface area (Å²) in [5, 5.41) is 3.96. The molecule has 4 aromatic rings. The van der Waals surface area contributed by atoms with Crippen molar-refractivity contribution in [3.05, 3.63) is 65.7 Å². The number of aromatic nitrogens is 2. The van der Waals surface area contributed by atoms with Crippen molar-refractivity contribution in [2.24, 2.45) is 0 Å². The van der Waals surface area contributed by atoms with Gasteiger partial charge in [0.1, 0.15) is 21.9 Å². The van der Waals surface area contributed by atoms with Gasteiger partial charge in [-0.25, -0.2) is 9.97 Å². The molecular weight excluding hydrogens is 390 g/mol. The third-order valence-corrected chi connectivity index (χ3v) is 6.29. The summed E-state index contributed by atoms with van der Waals surface area (Å²) in [4.78, 5) is 24.0. The number of aryl methyl sites for hydroxylation is 1. The lowest BCUT2D eigenvalue weighted by Gasteiger charge is -2.15. The summed E-state index contributed by atoms with van der Waals surface area (Å²) in [6, 6.07) is 12.1. The predicted octanol–water partition coefficient (Wildman–Crippen LogP) is 5.01. The van der Waals surface area contributed by atoms with Gasteiger partial charge in [0.15, 0.2) is 0 Å². The average Bonchev–Trinajstić information content (AvgIpc) is 3.36. The number of thioether (sulfide) groups is 1. The van der Waals surface area contributed by atoms with Gasteiger partial charge in [-0.3, -0.25) is 4.79 Å². The molecule has 0 unspecified atom stereocenters. The number of amides is 1. The molecule has 0 saturated heterocycles. The van der Waals surface area contributed by atoms with E-state index in [1.807, 2.05) is 12.1 Å². The Morgan fingerprint density at radius 2 is 2.04 bits per heavy atom. The molecule has 0 aliphatic carbocycles. The number of hydrogen-bond donors (Lipinski definition) is 0. The summed E-state index contributed by atoms with van der Waals surface area (Å²) in [6.07, 6.45) is 3.18. The SMILES string of the molecule is Cc1ccc(-c2csc3ncnc(SCC(=O)N(C)Cc4ccco4)c23)cc1. The first-order chi connectivity index (χ1) is 13.6. The lowest BCUT2D eigenvalue weighted by molar-refractivity contribution is -0.127. The smallest absolute Gasteiger partial charge is 0.233 e. The van der Waals surface area contributed by atoms with Crippen LogP contribution in [-0.2, 0) is 11.3 Å². The first kappa shape index (κ1) is 18.7. The summed E-state index contributed by atoms with van der Waals surface area (Å²) in [7, 11) is 1.78. The van der Waals surface area contributed by atoms with Crippen molar-refractivity contribution in [1.29, 1.82) is 0 Å². The lowest BCUT2D eigenvalue weighted by atomic mass is 10.1. The summed E-state index contributed by atoms with van der Waals surface area (Å²) in [5.41, 5.74) is 3.47. The molecule has 0 N–H and O–H groups in total. The van der Waals surface area contributed by atoms with E-state index in [1.54, 1.807) is 35.9 Å². The number of rotatable bonds is 6. The van der Waals surface area contributed by atoms with E-state index in [4.69, 9.17) is 4.42 Å². The van der Waals surface area contributed by atoms with Crippen molar-refractivity contribution in [2.75, 3.05) is 12.8 Å². The molecule has 0 spiro atoms. The molecule has 1 aromatic carbocycles. The largest absolute Gasteiger partial charge is 0.467 e. The number of thiophene rings is 1. The lowest BCUT2D eigenvalue weighted by Crippen LogP contribution is -2.27. The zero-order valence-corrected chi connectivity index (χ0v) is 17.2. The van der Waals surface area contributed by atoms with Gasteiger partial charge >= 0.3 is 0 Å². The Hall–Kier alpha value is -2.64. The highest BCUT2D eigenvalue weighted by atomic mass is 32.2. The van der Waals surface area contributed by atoms with Crippen LogP contribution in [0.5, 0.6) is 0 Å². The van der Waals surface area contributed by atoms with Gasteiger partial charge in [0, 0.05) is 18.0 Å². The van der Waals surface area contributed by atoms with E-state index in [0.29, 0.717) is 12.3 Å². The fourth-order valence-corrected chi connectivity index (χ4v) is 4.80. The first-order valence-electron chi connectivity index (χ1n) is 8.80. The number of furan rings is 1. The number of hydrogen-bond acceptors (Lipinski definition) is 6. The molecule has 3 aromatic heterocycles. The van der Waals surface area contributed by atoms with E-state index in [2.05, 4.69) is 46.5 Å². The Kier molecular flexibility index (Phi) is 5.45. The summed E-state index contributed by atoms with van der Waals surface area (Å²) >= 11 is 3.05. The van der Waals surface area contributed by atoms with Gasteiger partial charge in [0.2, 0.25) is 5.91 Å². The maximum absolute atomic E-state index is 12.5. The van der Waals surface area contributed by atoms with Gasteiger partial charge in [-0.1, -0.05) is 41.6 Å². The van der Waals surface area contributed by atoms with Crippen molar-refractivity contribution in [3.8, 4) is 11.1 Å². The highest BCUT2D eigenvalue weighted by molar-refractivity contribution is 8.00. The number of carbonyl (C=O) groups is 1. The van der Waals surface area contributed by atoms with Gasteiger partial charge in [0.05, 0.1) is 23.9 Å². The molecule has 0 radical (unpaired) electrons. The summed E-state index contributed by atoms with van der Waals surface area (Å²) in [6.45, 7) is 2.53. The van der Waals surface area contributed by atoms with Crippen LogP contribution in [-0.4, -0.2) is 33.6 Å². The van der Waals surface area contributed by atoms with Gasteiger partial charge in [0.25, 0.3) is 0 Å². The van der Waals surface area contributed by atoms with Crippen molar-refractivity contribution >= 4 is 39.2 Å². The number of benzene rings is 1. The Balaban J connectivity index is 1.54. The van der Waals surface area contributed by atoms with Crippen molar-refractivity contribution in [1.82, 2.24) is 14.9 Å². The minimum absolute atomic E-state index is 0.0280. The van der Waals surface area contributed by atoms with Crippen LogP contribution in [0.2, 0.25) is 0 Å². The normalized spacial score (nSPS) is 11.1. The van der Waals surface area contributed by atoms with E-state index >= 15 is 0 Å². The van der Waals surface area contributed by atoms with Gasteiger partial charge in [-0.15, -0.1) is 11.3 Å². The molecule has 0 aliphatic rings. The molecule has 0 bridgehead atoms. The second-order valence-corrected chi connectivity index (χ2v) is 8.31. The Labute approximate surface area is 171 Å². The maximum Gasteiger partial charge on any atom is 0.233 e. The topological polar surface area (TPSA) is 59.2 Å². The Morgan fingerprint density at radius 3 is 2.79 bits per heavy atom. The van der Waals surface area contributed by atoms with Crippen LogP contribution in [0.4, 0.5) is 0 Å². The van der Waals surface area contributed by atoms with E-state index in [1.165, 1.54) is 17.3 Å². The molecular formula is C21H19N3O2S2. The molecule has 28 heavy (non-hydrogen) atoms. The van der Waals surface area contributed by atoms with Crippen molar-refractivity contribution in [3.63, 3.8) is 0 Å². The second kappa shape index (κ2) is 8.16. The summed E-state index contributed by atoms with van der Waals surface area (Å²) < 4.78 is 5.32. The van der Waals surface area contributed by atoms with Crippen LogP contribution in [0.3, 0.4) is 0 Å². The second-order valence-electron chi connectivity index (χ2n) is 6.49. The molecule has 7 heteroatoms. The zero-order valence-electron chi connectivity index (χ0n) is 15.6. The van der Waals surface area contributed by atoms with Crippen molar-refractivity contribution < 1.29 is 9.21 Å². The van der Waals surface area contributed by atoms with E-state index in [-0.39, 0.29) is 5.91 Å². The standard InChI is InChI=1S/C21H19N3O2S2/c1-14-5-7-15(8-6-14)17-11-27-20-19(17)21(23-13-22-20)28-12-18(25)24(2)10-16-4-3-9-26-16/h3-9,11,13H,10,12H2,1-2H3. The van der Waals surface area contributed by atoms with Crippen LogP contribution < -0.4 is 0 Å². The highest BCUT2D eigenvalue weighted by Gasteiger charge is 2.16. The van der Waals surface area contributed by atoms with Crippen LogP contribution in [0, 0.1) is 6.92 Å². The molecule has 3 heterocycles. The minimum Gasteiger partial charge on any atom is -0.467 e. The third kappa shape index (κ3) is 3.95. The molecule has 0 aliphatic heterocycles. The number of fused-ring (bicyclic) bond motifs is 1. The van der Waals surface area contributed by atoms with Crippen LogP contribution in [0.1, 0.15) is 11.3 Å². The van der Waals surface area contributed by atoms with Crippen LogP contribution in [0.25, 0.3) is 21.3 Å². The van der Waals surface area contributed by atoms with Crippen molar-refractivity contribution in [2.45, 2.75) is 18.5 Å². The predicted molar refractivity (Wildman–Crippen MR) is 113 cm³/mol. The van der Waals surface area contributed by atoms with Gasteiger partial charge < -0.3 is 9.32 Å². The minimum atomic E-state index is 0.0280. The van der Waals surface area contributed by atoms with Gasteiger partial charge in [-0.2, -0.15) is 0 Å². The molecule has 0 saturated carbocycles. The van der Waals surface area contributed by atoms with E-state index < -0.39 is 0 Å².